The molecule has 2 amide bonds. The first-order valence-electron chi connectivity index (χ1n) is 13.6. The Morgan fingerprint density at radius 2 is 1.78 bits per heavy atom. The van der Waals surface area contributed by atoms with Crippen LogP contribution >= 0.6 is 0 Å². The highest BCUT2D eigenvalue weighted by atomic mass is 16.5. The van der Waals surface area contributed by atoms with Crippen molar-refractivity contribution in [3.05, 3.63) is 58.1 Å². The monoisotopic (exact) mass is 502 g/mol. The molecule has 194 valence electrons. The summed E-state index contributed by atoms with van der Waals surface area (Å²) in [6.07, 6.45) is 3.39. The maximum atomic E-state index is 13.7. The Kier molecular flexibility index (Phi) is 4.76. The van der Waals surface area contributed by atoms with Crippen LogP contribution in [0.2, 0.25) is 0 Å². The van der Waals surface area contributed by atoms with E-state index in [0.717, 1.165) is 29.8 Å². The fourth-order valence-corrected chi connectivity index (χ4v) is 8.03. The second-order valence-electron chi connectivity index (χ2n) is 12.0. The summed E-state index contributed by atoms with van der Waals surface area (Å²) in [5.74, 6) is 0.536. The third-order valence-electron chi connectivity index (χ3n) is 10.1. The fourth-order valence-electron chi connectivity index (χ4n) is 8.03. The molecule has 2 saturated carbocycles. The van der Waals surface area contributed by atoms with Gasteiger partial charge in [-0.1, -0.05) is 17.7 Å². The number of imide groups is 1. The zero-order valence-corrected chi connectivity index (χ0v) is 21.7. The molecule has 3 fully saturated rings. The van der Waals surface area contributed by atoms with Gasteiger partial charge in [0.2, 0.25) is 0 Å². The molecule has 0 radical (unpaired) electrons. The Morgan fingerprint density at radius 3 is 2.54 bits per heavy atom. The number of aryl methyl sites for hydroxylation is 2. The zero-order chi connectivity index (χ0) is 25.9. The van der Waals surface area contributed by atoms with Crippen LogP contribution in [0.5, 0.6) is 11.5 Å². The first-order valence-corrected chi connectivity index (χ1v) is 13.6. The maximum Gasteiger partial charge on any atom is 0.261 e. The molecule has 1 spiro atoms. The number of carbonyl (C=O) groups is 2. The molecule has 7 rings (SSSR count). The van der Waals surface area contributed by atoms with Crippen molar-refractivity contribution >= 4 is 11.8 Å². The molecule has 1 saturated heterocycles. The van der Waals surface area contributed by atoms with Gasteiger partial charge >= 0.3 is 0 Å². The topological polar surface area (TPSA) is 90.3 Å². The Morgan fingerprint density at radius 1 is 1.03 bits per heavy atom. The van der Waals surface area contributed by atoms with Crippen LogP contribution < -0.4 is 4.74 Å². The van der Waals surface area contributed by atoms with Crippen molar-refractivity contribution in [2.75, 3.05) is 13.1 Å². The van der Waals surface area contributed by atoms with Gasteiger partial charge in [-0.3, -0.25) is 19.4 Å². The summed E-state index contributed by atoms with van der Waals surface area (Å²) in [4.78, 5) is 31.1. The van der Waals surface area contributed by atoms with Crippen LogP contribution in [0.1, 0.15) is 76.4 Å². The quantitative estimate of drug-likeness (QED) is 0.622. The molecule has 2 aromatic carbocycles. The first kappa shape index (κ1) is 23.2. The number of aromatic hydroxyl groups is 1. The number of phenolic OH excluding ortho intramolecular Hbond substituents is 1. The standard InChI is InChI=1S/C30H34N2O5/c1-16-4-8-20-21(14-16)28(35)32(27(20)34)22-10-11-30(36)18(3)31(15-19-6-7-19)13-12-29(30)24-17(2)5-9-23(33)25(24)37-26(22)29/h4-5,8-9,14,18-19,22,26,33,36H,6-7,10-13,15H2,1-3H3/t18-,22-,26+,29+,30-/m1/s1. The van der Waals surface area contributed by atoms with E-state index in [2.05, 4.69) is 11.8 Å². The molecular weight excluding hydrogens is 468 g/mol. The van der Waals surface area contributed by atoms with Gasteiger partial charge in [0.15, 0.2) is 11.5 Å². The molecule has 37 heavy (non-hydrogen) atoms. The summed E-state index contributed by atoms with van der Waals surface area (Å²) in [7, 11) is 0. The van der Waals surface area contributed by atoms with E-state index in [1.54, 1.807) is 18.2 Å². The number of amides is 2. The Labute approximate surface area is 217 Å². The highest BCUT2D eigenvalue weighted by molar-refractivity contribution is 6.21. The van der Waals surface area contributed by atoms with E-state index < -0.39 is 23.2 Å². The van der Waals surface area contributed by atoms with Crippen molar-refractivity contribution in [1.82, 2.24) is 9.80 Å². The van der Waals surface area contributed by atoms with E-state index in [-0.39, 0.29) is 23.6 Å². The predicted octanol–water partition coefficient (Wildman–Crippen LogP) is 3.70. The SMILES string of the molecule is Cc1ccc2c(c1)C(=O)N([C@@H]1CC[C@@]3(O)[C@@H](C)N(CC4CC4)CC[C@@]34c3c(C)ccc(O)c3O[C@@H]14)C2=O. The largest absolute Gasteiger partial charge is 0.504 e. The van der Waals surface area contributed by atoms with Gasteiger partial charge in [0.25, 0.3) is 11.8 Å². The van der Waals surface area contributed by atoms with E-state index in [4.69, 9.17) is 4.74 Å². The molecule has 2 aliphatic carbocycles. The summed E-state index contributed by atoms with van der Waals surface area (Å²) < 4.78 is 6.59. The first-order chi connectivity index (χ1) is 17.7. The van der Waals surface area contributed by atoms with Gasteiger partial charge < -0.3 is 14.9 Å². The van der Waals surface area contributed by atoms with Crippen molar-refractivity contribution in [2.45, 2.75) is 82.1 Å². The summed E-state index contributed by atoms with van der Waals surface area (Å²) in [5.41, 5.74) is 1.62. The van der Waals surface area contributed by atoms with Crippen molar-refractivity contribution in [3.63, 3.8) is 0 Å². The second-order valence-corrected chi connectivity index (χ2v) is 12.0. The van der Waals surface area contributed by atoms with Crippen molar-refractivity contribution in [1.29, 1.82) is 0 Å². The molecule has 5 aliphatic rings. The van der Waals surface area contributed by atoms with Gasteiger partial charge in [0.05, 0.1) is 28.2 Å². The van der Waals surface area contributed by atoms with Gasteiger partial charge in [0.1, 0.15) is 6.10 Å². The minimum Gasteiger partial charge on any atom is -0.504 e. The van der Waals surface area contributed by atoms with E-state index in [0.29, 0.717) is 42.1 Å². The summed E-state index contributed by atoms with van der Waals surface area (Å²) in [5, 5.41) is 23.6. The number of benzene rings is 2. The van der Waals surface area contributed by atoms with E-state index >= 15 is 0 Å². The number of aliphatic hydroxyl groups is 1. The maximum absolute atomic E-state index is 13.7. The van der Waals surface area contributed by atoms with Crippen LogP contribution in [0.3, 0.4) is 0 Å². The number of piperidine rings is 1. The predicted molar refractivity (Wildman–Crippen MR) is 137 cm³/mol. The molecule has 0 unspecified atom stereocenters. The van der Waals surface area contributed by atoms with Crippen LogP contribution in [0.4, 0.5) is 0 Å². The van der Waals surface area contributed by atoms with Crippen molar-refractivity contribution in [3.8, 4) is 11.5 Å². The molecule has 2 aromatic rings. The number of fused-ring (bicyclic) bond motifs is 2. The lowest BCUT2D eigenvalue weighted by Crippen LogP contribution is -2.76. The van der Waals surface area contributed by atoms with Crippen molar-refractivity contribution < 1.29 is 24.5 Å². The van der Waals surface area contributed by atoms with E-state index in [9.17, 15) is 19.8 Å². The summed E-state index contributed by atoms with van der Waals surface area (Å²) >= 11 is 0. The minimum absolute atomic E-state index is 0.0384. The average molecular weight is 503 g/mol. The lowest BCUT2D eigenvalue weighted by atomic mass is 9.51. The Hall–Kier alpha value is -2.90. The van der Waals surface area contributed by atoms with Crippen LogP contribution in [0, 0.1) is 19.8 Å². The molecule has 7 nitrogen and oxygen atoms in total. The summed E-state index contributed by atoms with van der Waals surface area (Å²) in [6, 6.07) is 8.22. The third-order valence-corrected chi connectivity index (χ3v) is 10.1. The van der Waals surface area contributed by atoms with Gasteiger partial charge in [-0.25, -0.2) is 0 Å². The number of ether oxygens (including phenoxy) is 1. The molecule has 2 N–H and O–H groups in total. The molecule has 5 atom stereocenters. The average Bonchev–Trinajstić information content (AvgIpc) is 3.57. The second kappa shape index (κ2) is 7.58. The summed E-state index contributed by atoms with van der Waals surface area (Å²) in [6.45, 7) is 7.80. The lowest BCUT2D eigenvalue weighted by molar-refractivity contribution is -0.187. The molecular formula is C30H34N2O5. The lowest BCUT2D eigenvalue weighted by Gasteiger charge is -2.62. The van der Waals surface area contributed by atoms with Crippen LogP contribution in [-0.2, 0) is 5.41 Å². The molecule has 3 aliphatic heterocycles. The van der Waals surface area contributed by atoms with E-state index in [1.807, 2.05) is 26.0 Å². The molecule has 0 aromatic heterocycles. The number of likely N-dealkylation sites (tertiary alicyclic amines) is 1. The zero-order valence-electron chi connectivity index (χ0n) is 21.7. The van der Waals surface area contributed by atoms with E-state index in [1.165, 1.54) is 17.7 Å². The minimum atomic E-state index is -1.12. The van der Waals surface area contributed by atoms with Gasteiger partial charge in [-0.2, -0.15) is 0 Å². The van der Waals surface area contributed by atoms with Crippen LogP contribution in [-0.4, -0.2) is 68.7 Å². The smallest absolute Gasteiger partial charge is 0.261 e. The number of hydrogen-bond acceptors (Lipinski definition) is 6. The number of hydrogen-bond donors (Lipinski definition) is 2. The molecule has 7 heteroatoms. The van der Waals surface area contributed by atoms with Crippen LogP contribution in [0.15, 0.2) is 30.3 Å². The highest BCUT2D eigenvalue weighted by Gasteiger charge is 2.71. The molecule has 3 heterocycles. The number of carbonyl (C=O) groups excluding carboxylic acids is 2. The third kappa shape index (κ3) is 2.90. The van der Waals surface area contributed by atoms with Gasteiger partial charge in [-0.05, 0) is 89.1 Å². The van der Waals surface area contributed by atoms with Gasteiger partial charge in [-0.15, -0.1) is 0 Å². The van der Waals surface area contributed by atoms with Crippen LogP contribution in [0.25, 0.3) is 0 Å². The Balaban J connectivity index is 1.36. The highest BCUT2D eigenvalue weighted by Crippen LogP contribution is 2.63. The van der Waals surface area contributed by atoms with Gasteiger partial charge in [0, 0.05) is 18.2 Å². The number of phenols is 1. The normalized spacial score (nSPS) is 34.6. The number of nitrogens with zero attached hydrogens (tertiary/aromatic N) is 2. The molecule has 0 bridgehead atoms. The fraction of sp³-hybridized carbons (Fsp3) is 0.533. The number of rotatable bonds is 3. The Bertz CT molecular complexity index is 1350. The van der Waals surface area contributed by atoms with Crippen molar-refractivity contribution in [2.24, 2.45) is 5.92 Å².